The quantitative estimate of drug-likeness (QED) is 0.510. The summed E-state index contributed by atoms with van der Waals surface area (Å²) in [4.78, 5) is 9.84. The predicted octanol–water partition coefficient (Wildman–Crippen LogP) is -1.43. The van der Waals surface area contributed by atoms with Crippen molar-refractivity contribution in [2.75, 3.05) is 0 Å². The Bertz CT molecular complexity index is 113. The zero-order chi connectivity index (χ0) is 8.41. The van der Waals surface area contributed by atoms with Crippen molar-refractivity contribution in [2.24, 2.45) is 0 Å². The molecule has 0 unspecified atom stereocenters. The standard InChI is InChI=1S/CH2O3.2Al.Ca.3O/c2-1(3)4;;;;;;/h(H2,2,3,4);;;;;;/q;2*+1;;;;/p-2. The molecule has 0 bridgehead atoms. The Balaban J connectivity index is 0. The van der Waals surface area contributed by atoms with Gasteiger partial charge in [0, 0.05) is 0 Å². The van der Waals surface area contributed by atoms with E-state index in [1.54, 1.807) is 0 Å². The molecule has 9 heteroatoms. The molecule has 0 aliphatic heterocycles. The van der Waals surface area contributed by atoms with Gasteiger partial charge in [0.05, 0.1) is 0 Å². The second-order valence-corrected chi connectivity index (χ2v) is 1.53. The summed E-state index contributed by atoms with van der Waals surface area (Å²) in [5, 5.41) is 0. The molecule has 0 N–H and O–H groups in total. The van der Waals surface area contributed by atoms with Crippen LogP contribution in [0.25, 0.3) is 0 Å². The molecule has 0 aliphatic carbocycles. The van der Waals surface area contributed by atoms with Crippen molar-refractivity contribution in [3.05, 3.63) is 0 Å². The number of carbonyl (C=O) groups excluding carboxylic acids is 1. The molecule has 0 rings (SSSR count). The van der Waals surface area contributed by atoms with Gasteiger partial charge in [0.1, 0.15) is 0 Å². The summed E-state index contributed by atoms with van der Waals surface area (Å²) in [6.07, 6.45) is -1.14. The van der Waals surface area contributed by atoms with E-state index in [1.165, 1.54) is 0 Å². The van der Waals surface area contributed by atoms with Crippen molar-refractivity contribution in [1.29, 1.82) is 0 Å². The topological polar surface area (TPSA) is 86.7 Å². The molecule has 0 heterocycles. The van der Waals surface area contributed by atoms with Gasteiger partial charge >= 0.3 is 94.4 Å². The van der Waals surface area contributed by atoms with E-state index in [0.29, 0.717) is 0 Å². The molecule has 0 atom stereocenters. The molecule has 10 heavy (non-hydrogen) atoms. The fourth-order valence-electron chi connectivity index (χ4n) is 0.106. The molecule has 0 fully saturated rings. The Hall–Kier alpha value is 0.995. The molecule has 0 aromatic heterocycles. The fourth-order valence-corrected chi connectivity index (χ4v) is 0.486. The first-order chi connectivity index (χ1) is 4.81. The summed E-state index contributed by atoms with van der Waals surface area (Å²) in [5.41, 5.74) is 0. The van der Waals surface area contributed by atoms with E-state index in [9.17, 15) is 12.4 Å². The number of hydrogen-bond donors (Lipinski definition) is 0. The fraction of sp³-hybridized carbons (Fsp3) is 0. The van der Waals surface area contributed by atoms with Crippen molar-refractivity contribution in [2.45, 2.75) is 0 Å². The summed E-state index contributed by atoms with van der Waals surface area (Å²) in [6.45, 7) is 0. The van der Waals surface area contributed by atoms with Crippen molar-refractivity contribution in [1.82, 2.24) is 0 Å². The van der Waals surface area contributed by atoms with E-state index in [-0.39, 0.29) is 35.9 Å². The van der Waals surface area contributed by atoms with Crippen molar-refractivity contribution in [3.8, 4) is 0 Å². The van der Waals surface area contributed by atoms with Crippen LogP contribution in [-0.4, -0.2) is 73.0 Å². The van der Waals surface area contributed by atoms with Crippen molar-refractivity contribution in [3.63, 3.8) is 0 Å². The Morgan fingerprint density at radius 1 is 1.10 bits per heavy atom. The van der Waals surface area contributed by atoms with Gasteiger partial charge in [-0.05, 0) is 0 Å². The van der Waals surface area contributed by atoms with Gasteiger partial charge in [-0.3, -0.25) is 0 Å². The third kappa shape index (κ3) is 11.8. The number of hydrogen-bond acceptors (Lipinski definition) is 6. The average Bonchev–Trinajstić information content (AvgIpc) is 1.93. The van der Waals surface area contributed by atoms with E-state index in [1.807, 2.05) is 0 Å². The molecule has 0 saturated carbocycles. The third-order valence-electron chi connectivity index (χ3n) is 0.289. The van der Waals surface area contributed by atoms with Crippen LogP contribution in [0.2, 0.25) is 0 Å². The van der Waals surface area contributed by atoms with Gasteiger partial charge in [0.25, 0.3) is 0 Å². The molecule has 0 aromatic rings. The van der Waals surface area contributed by atoms with Crippen LogP contribution < -0.4 is 0 Å². The van der Waals surface area contributed by atoms with Gasteiger partial charge in [-0.2, -0.15) is 0 Å². The number of carbonyl (C=O) groups is 1. The minimum absolute atomic E-state index is 0.125. The summed E-state index contributed by atoms with van der Waals surface area (Å²) >= 11 is -3.08. The monoisotopic (exact) mass is 202 g/mol. The Morgan fingerprint density at radius 3 is 1.60 bits per heavy atom. The van der Waals surface area contributed by atoms with E-state index in [0.717, 1.165) is 0 Å². The van der Waals surface area contributed by atoms with Gasteiger partial charge in [0.15, 0.2) is 0 Å². The van der Waals surface area contributed by atoms with E-state index < -0.39 is 37.1 Å². The summed E-state index contributed by atoms with van der Waals surface area (Å²) < 4.78 is 34.9. The zero-order valence-corrected chi connectivity index (χ0v) is 9.33. The van der Waals surface area contributed by atoms with E-state index >= 15 is 0 Å². The average molecular weight is 202 g/mol. The Morgan fingerprint density at radius 2 is 1.40 bits per heavy atom. The molecule has 0 aromatic carbocycles. The van der Waals surface area contributed by atoms with Crippen LogP contribution in [0.3, 0.4) is 0 Å². The Kier molecular flexibility index (Phi) is 17.2. The van der Waals surface area contributed by atoms with Crippen LogP contribution in [0.4, 0.5) is 4.79 Å². The molecule has 0 amide bonds. The van der Waals surface area contributed by atoms with Gasteiger partial charge < -0.3 is 0 Å². The predicted molar refractivity (Wildman–Crippen MR) is 26.9 cm³/mol. The van der Waals surface area contributed by atoms with Crippen LogP contribution in [0, 0.1) is 0 Å². The van der Waals surface area contributed by atoms with Gasteiger partial charge in [-0.25, -0.2) is 0 Å². The van der Waals surface area contributed by atoms with Crippen LogP contribution >= 0.6 is 0 Å². The van der Waals surface area contributed by atoms with Crippen LogP contribution in [-0.2, 0) is 16.6 Å². The Labute approximate surface area is 93.2 Å². The normalized spacial score (nSPS) is 5.40. The van der Waals surface area contributed by atoms with Crippen molar-refractivity contribution >= 4 is 73.0 Å². The zero-order valence-electron chi connectivity index (χ0n) is 4.81. The summed E-state index contributed by atoms with van der Waals surface area (Å²) in [5.74, 6) is 0. The molecule has 0 aliphatic rings. The first kappa shape index (κ1) is 13.6. The molecule has 48 valence electrons. The number of rotatable bonds is 2. The van der Waals surface area contributed by atoms with Crippen LogP contribution in [0.5, 0.6) is 0 Å². The first-order valence-electron chi connectivity index (χ1n) is 1.84. The maximum absolute atomic E-state index is 9.84. The molecule has 0 radical (unpaired) electrons. The van der Waals surface area contributed by atoms with Gasteiger partial charge in [0.2, 0.25) is 0 Å². The third-order valence-corrected chi connectivity index (χ3v) is 0.866. The van der Waals surface area contributed by atoms with E-state index in [2.05, 4.69) is 7.58 Å². The van der Waals surface area contributed by atoms with Crippen molar-refractivity contribution < 1.29 is 21.4 Å². The minimum atomic E-state index is -1.60. The van der Waals surface area contributed by atoms with Crippen LogP contribution in [0.1, 0.15) is 0 Å². The summed E-state index contributed by atoms with van der Waals surface area (Å²) in [7, 11) is 0. The molecule has 6 nitrogen and oxygen atoms in total. The molecule has 0 spiro atoms. The molecular formula is CAl2CaO6. The van der Waals surface area contributed by atoms with E-state index in [4.69, 9.17) is 1.43 Å². The SMILES string of the molecule is [O]=[Al][O]C(=O)[O][Al]=[O].[O]=[Ca]. The molecule has 0 saturated heterocycles. The molecular weight excluding hydrogens is 202 g/mol. The maximum atomic E-state index is 9.84. The van der Waals surface area contributed by atoms with Crippen LogP contribution in [0.15, 0.2) is 0 Å². The second kappa shape index (κ2) is 12.7. The first-order valence-corrected chi connectivity index (χ1v) is 4.63. The van der Waals surface area contributed by atoms with Gasteiger partial charge in [-0.15, -0.1) is 0 Å². The second-order valence-electron chi connectivity index (χ2n) is 0.678. The summed E-state index contributed by atoms with van der Waals surface area (Å²) in [6, 6.07) is 0. The van der Waals surface area contributed by atoms with Gasteiger partial charge in [-0.1, -0.05) is 0 Å².